The maximum Gasteiger partial charge on any atom is 0.0701 e. The minimum atomic E-state index is 0. The van der Waals surface area contributed by atoms with Gasteiger partial charge in [-0.3, -0.25) is 0 Å². The van der Waals surface area contributed by atoms with Gasteiger partial charge in [0.05, 0.1) is 52.9 Å². The molecule has 0 aliphatic heterocycles. The quantitative estimate of drug-likeness (QED) is 0.397. The van der Waals surface area contributed by atoms with E-state index in [1.165, 1.54) is 0 Å². The molecule has 5 N–H and O–H groups in total. The minimum absolute atomic E-state index is 0. The third kappa shape index (κ3) is 31.3. The third-order valence-electron chi connectivity index (χ3n) is 1.22. The lowest BCUT2D eigenvalue weighted by Crippen LogP contribution is -2.11. The van der Waals surface area contributed by atoms with Crippen molar-refractivity contribution in [1.29, 1.82) is 0 Å². The van der Waals surface area contributed by atoms with E-state index >= 15 is 0 Å². The van der Waals surface area contributed by atoms with Crippen molar-refractivity contribution in [3.05, 3.63) is 0 Å². The van der Waals surface area contributed by atoms with Gasteiger partial charge in [0.15, 0.2) is 0 Å². The molecule has 7 heteroatoms. The summed E-state index contributed by atoms with van der Waals surface area (Å²) in [5.74, 6) is 0. The molecule has 0 heterocycles. The van der Waals surface area contributed by atoms with Crippen LogP contribution in [0.1, 0.15) is 6.92 Å². The second kappa shape index (κ2) is 24.8. The van der Waals surface area contributed by atoms with Crippen molar-refractivity contribution in [3.8, 4) is 0 Å². The molecule has 0 atom stereocenters. The predicted molar refractivity (Wildman–Crippen MR) is 63.0 cm³/mol. The van der Waals surface area contributed by atoms with Gasteiger partial charge in [-0.15, -0.1) is 0 Å². The highest BCUT2D eigenvalue weighted by Crippen LogP contribution is 1.80. The van der Waals surface area contributed by atoms with Crippen LogP contribution in [0.15, 0.2) is 0 Å². The smallest absolute Gasteiger partial charge is 0.0701 e. The Hall–Kier alpha value is -0.280. The highest BCUT2D eigenvalue weighted by atomic mass is 16.5. The summed E-state index contributed by atoms with van der Waals surface area (Å²) in [6, 6.07) is 0. The topological polar surface area (TPSA) is 120 Å². The molecule has 0 aliphatic rings. The molecule has 0 saturated carbocycles. The summed E-state index contributed by atoms with van der Waals surface area (Å²) in [6.45, 7) is 4.69. The van der Waals surface area contributed by atoms with Crippen molar-refractivity contribution in [3.63, 3.8) is 0 Å². The minimum Gasteiger partial charge on any atom is -0.412 e. The summed E-state index contributed by atoms with van der Waals surface area (Å²) >= 11 is 0. The normalized spacial score (nSPS) is 9.18. The summed E-state index contributed by atoms with van der Waals surface area (Å²) < 4.78 is 15.0. The molecule has 108 valence electrons. The Morgan fingerprint density at radius 2 is 0.882 bits per heavy atom. The Kier molecular flexibility index (Phi) is 32.0. The van der Waals surface area contributed by atoms with Gasteiger partial charge in [-0.25, -0.2) is 0 Å². The first-order chi connectivity index (χ1) is 7.83. The summed E-state index contributed by atoms with van der Waals surface area (Å²) in [5, 5.41) is 24.3. The lowest BCUT2D eigenvalue weighted by atomic mass is 10.7. The molecule has 0 bridgehead atoms. The zero-order valence-electron chi connectivity index (χ0n) is 10.4. The second-order valence-electron chi connectivity index (χ2n) is 2.60. The Bertz CT molecular complexity index is 92.7. The SMILES string of the molecule is CCO.O.OCCOCCOCCOCCO. The number of rotatable bonds is 10. The van der Waals surface area contributed by atoms with E-state index < -0.39 is 0 Å². The summed E-state index contributed by atoms with van der Waals surface area (Å²) in [6.07, 6.45) is 0. The molecule has 0 aromatic heterocycles. The van der Waals surface area contributed by atoms with E-state index in [2.05, 4.69) is 0 Å². The number of aliphatic hydroxyl groups excluding tert-OH is 3. The first-order valence-electron chi connectivity index (χ1n) is 5.39. The van der Waals surface area contributed by atoms with Gasteiger partial charge in [-0.2, -0.15) is 0 Å². The van der Waals surface area contributed by atoms with Crippen LogP contribution >= 0.6 is 0 Å². The van der Waals surface area contributed by atoms with Gasteiger partial charge in [0.1, 0.15) is 0 Å². The van der Waals surface area contributed by atoms with Gasteiger partial charge in [-0.05, 0) is 6.92 Å². The average Bonchev–Trinajstić information content (AvgIpc) is 2.28. The van der Waals surface area contributed by atoms with Crippen molar-refractivity contribution < 1.29 is 35.0 Å². The Morgan fingerprint density at radius 1 is 0.647 bits per heavy atom. The monoisotopic (exact) mass is 258 g/mol. The van der Waals surface area contributed by atoms with Gasteiger partial charge in [-0.1, -0.05) is 0 Å². The Balaban J connectivity index is -0.000000440. The largest absolute Gasteiger partial charge is 0.412 e. The van der Waals surface area contributed by atoms with Crippen LogP contribution in [0.5, 0.6) is 0 Å². The van der Waals surface area contributed by atoms with Crippen LogP contribution in [0.3, 0.4) is 0 Å². The molecule has 0 radical (unpaired) electrons. The lowest BCUT2D eigenvalue weighted by molar-refractivity contribution is 0.00230. The van der Waals surface area contributed by atoms with E-state index in [0.29, 0.717) is 39.6 Å². The van der Waals surface area contributed by atoms with Crippen LogP contribution in [0.4, 0.5) is 0 Å². The van der Waals surface area contributed by atoms with E-state index in [1.807, 2.05) is 0 Å². The molecule has 0 saturated heterocycles. The zero-order valence-corrected chi connectivity index (χ0v) is 10.4. The molecule has 0 aromatic carbocycles. The van der Waals surface area contributed by atoms with Crippen molar-refractivity contribution in [2.75, 3.05) is 59.5 Å². The summed E-state index contributed by atoms with van der Waals surface area (Å²) in [4.78, 5) is 0. The van der Waals surface area contributed by atoms with Gasteiger partial charge >= 0.3 is 0 Å². The number of hydrogen-bond acceptors (Lipinski definition) is 6. The molecule has 0 aromatic rings. The first kappa shape index (κ1) is 21.9. The molecule has 0 fully saturated rings. The fourth-order valence-corrected chi connectivity index (χ4v) is 0.671. The molecular formula is C10H26O7. The van der Waals surface area contributed by atoms with Crippen molar-refractivity contribution >= 4 is 0 Å². The third-order valence-corrected chi connectivity index (χ3v) is 1.22. The maximum absolute atomic E-state index is 8.36. The molecular weight excluding hydrogens is 232 g/mol. The average molecular weight is 258 g/mol. The van der Waals surface area contributed by atoms with E-state index in [-0.39, 0.29) is 25.3 Å². The van der Waals surface area contributed by atoms with Gasteiger partial charge in [0, 0.05) is 6.61 Å². The van der Waals surface area contributed by atoms with Crippen LogP contribution in [-0.2, 0) is 14.2 Å². The molecule has 17 heavy (non-hydrogen) atoms. The number of aliphatic hydroxyl groups is 3. The van der Waals surface area contributed by atoms with Gasteiger partial charge in [0.25, 0.3) is 0 Å². The fourth-order valence-electron chi connectivity index (χ4n) is 0.671. The molecule has 0 amide bonds. The zero-order chi connectivity index (χ0) is 12.5. The van der Waals surface area contributed by atoms with Crippen LogP contribution in [0.2, 0.25) is 0 Å². The van der Waals surface area contributed by atoms with Crippen LogP contribution in [0.25, 0.3) is 0 Å². The first-order valence-corrected chi connectivity index (χ1v) is 5.39. The lowest BCUT2D eigenvalue weighted by Gasteiger charge is -2.04. The van der Waals surface area contributed by atoms with Crippen molar-refractivity contribution in [2.24, 2.45) is 0 Å². The molecule has 0 aliphatic carbocycles. The second-order valence-corrected chi connectivity index (χ2v) is 2.60. The maximum atomic E-state index is 8.36. The van der Waals surface area contributed by atoms with Crippen LogP contribution in [0, 0.1) is 0 Å². The Morgan fingerprint density at radius 3 is 1.12 bits per heavy atom. The highest BCUT2D eigenvalue weighted by Gasteiger charge is 1.89. The molecule has 0 spiro atoms. The van der Waals surface area contributed by atoms with Crippen molar-refractivity contribution in [1.82, 2.24) is 0 Å². The standard InChI is InChI=1S/C8H18O5.C2H6O.H2O/c9-1-3-11-5-7-13-8-6-12-4-2-10;1-2-3;/h9-10H,1-8H2;3H,2H2,1H3;1H2. The van der Waals surface area contributed by atoms with E-state index in [0.717, 1.165) is 0 Å². The molecule has 0 unspecified atom stereocenters. The molecule has 7 nitrogen and oxygen atoms in total. The highest BCUT2D eigenvalue weighted by molar-refractivity contribution is 4.33. The van der Waals surface area contributed by atoms with Gasteiger partial charge in [0.2, 0.25) is 0 Å². The fraction of sp³-hybridized carbons (Fsp3) is 1.00. The van der Waals surface area contributed by atoms with Crippen molar-refractivity contribution in [2.45, 2.75) is 6.92 Å². The van der Waals surface area contributed by atoms with Crippen LogP contribution in [-0.4, -0.2) is 80.3 Å². The number of ether oxygens (including phenoxy) is 3. The van der Waals surface area contributed by atoms with E-state index in [1.54, 1.807) is 6.92 Å². The number of hydrogen-bond donors (Lipinski definition) is 3. The van der Waals surface area contributed by atoms with Crippen LogP contribution < -0.4 is 0 Å². The summed E-state index contributed by atoms with van der Waals surface area (Å²) in [7, 11) is 0. The molecule has 0 rings (SSSR count). The Labute approximate surface area is 102 Å². The van der Waals surface area contributed by atoms with Gasteiger partial charge < -0.3 is 35.0 Å². The van der Waals surface area contributed by atoms with E-state index in [9.17, 15) is 0 Å². The predicted octanol–water partition coefficient (Wildman–Crippen LogP) is -1.81. The summed E-state index contributed by atoms with van der Waals surface area (Å²) in [5.41, 5.74) is 0. The van der Waals surface area contributed by atoms with E-state index in [4.69, 9.17) is 29.5 Å².